The van der Waals surface area contributed by atoms with Gasteiger partial charge in [-0.15, -0.1) is 0 Å². The first-order valence-electron chi connectivity index (χ1n) is 6.60. The number of carbonyl (C=O) groups is 2. The summed E-state index contributed by atoms with van der Waals surface area (Å²) in [5.74, 6) is -0.665. The third-order valence-electron chi connectivity index (χ3n) is 3.71. The van der Waals surface area contributed by atoms with Crippen molar-refractivity contribution < 1.29 is 14.0 Å². The summed E-state index contributed by atoms with van der Waals surface area (Å²) in [6, 6.07) is 4.55. The SMILES string of the molecule is Cc1ccc(C(C)N2CC(=O)NC(C)(C)C2=O)cc1F. The van der Waals surface area contributed by atoms with Crippen LogP contribution < -0.4 is 5.32 Å². The number of aryl methyl sites for hydroxylation is 1. The molecule has 1 aromatic carbocycles. The largest absolute Gasteiger partial charge is 0.341 e. The minimum Gasteiger partial charge on any atom is -0.341 e. The minimum atomic E-state index is -0.924. The van der Waals surface area contributed by atoms with E-state index in [4.69, 9.17) is 0 Å². The van der Waals surface area contributed by atoms with Gasteiger partial charge in [-0.25, -0.2) is 4.39 Å². The van der Waals surface area contributed by atoms with Gasteiger partial charge in [-0.3, -0.25) is 9.59 Å². The number of piperazine rings is 1. The molecule has 2 amide bonds. The molecular weight excluding hydrogens is 259 g/mol. The maximum Gasteiger partial charge on any atom is 0.248 e. The zero-order valence-electron chi connectivity index (χ0n) is 12.2. The third-order valence-corrected chi connectivity index (χ3v) is 3.71. The summed E-state index contributed by atoms with van der Waals surface area (Å²) in [6.07, 6.45) is 0. The van der Waals surface area contributed by atoms with Crippen LogP contribution in [0.2, 0.25) is 0 Å². The summed E-state index contributed by atoms with van der Waals surface area (Å²) in [5, 5.41) is 2.66. The monoisotopic (exact) mass is 278 g/mol. The second-order valence-corrected chi connectivity index (χ2v) is 5.79. The molecule has 1 aliphatic heterocycles. The molecule has 20 heavy (non-hydrogen) atoms. The van der Waals surface area contributed by atoms with Crippen LogP contribution in [-0.4, -0.2) is 28.8 Å². The van der Waals surface area contributed by atoms with E-state index in [-0.39, 0.29) is 30.2 Å². The Morgan fingerprint density at radius 3 is 2.60 bits per heavy atom. The molecule has 0 saturated carbocycles. The number of nitrogens with one attached hydrogen (secondary N) is 1. The van der Waals surface area contributed by atoms with Crippen LogP contribution in [0, 0.1) is 12.7 Å². The van der Waals surface area contributed by atoms with Crippen molar-refractivity contribution in [2.75, 3.05) is 6.54 Å². The Morgan fingerprint density at radius 1 is 1.35 bits per heavy atom. The van der Waals surface area contributed by atoms with E-state index in [1.807, 2.05) is 0 Å². The van der Waals surface area contributed by atoms with Crippen molar-refractivity contribution in [3.8, 4) is 0 Å². The van der Waals surface area contributed by atoms with Gasteiger partial charge in [0.1, 0.15) is 17.9 Å². The number of hydrogen-bond donors (Lipinski definition) is 1. The molecule has 1 unspecified atom stereocenters. The summed E-state index contributed by atoms with van der Waals surface area (Å²) in [5.41, 5.74) is 0.322. The average Bonchev–Trinajstić information content (AvgIpc) is 2.35. The molecule has 0 spiro atoms. The lowest BCUT2D eigenvalue weighted by Crippen LogP contribution is -2.64. The molecule has 1 saturated heterocycles. The van der Waals surface area contributed by atoms with Gasteiger partial charge in [0.05, 0.1) is 6.04 Å². The Balaban J connectivity index is 2.31. The van der Waals surface area contributed by atoms with E-state index in [1.54, 1.807) is 39.8 Å². The van der Waals surface area contributed by atoms with Crippen molar-refractivity contribution in [1.82, 2.24) is 10.2 Å². The van der Waals surface area contributed by atoms with Gasteiger partial charge >= 0.3 is 0 Å². The molecule has 1 fully saturated rings. The van der Waals surface area contributed by atoms with Crippen molar-refractivity contribution in [3.05, 3.63) is 35.1 Å². The van der Waals surface area contributed by atoms with Gasteiger partial charge in [0.25, 0.3) is 0 Å². The molecule has 1 heterocycles. The van der Waals surface area contributed by atoms with Crippen LogP contribution in [0.5, 0.6) is 0 Å². The lowest BCUT2D eigenvalue weighted by Gasteiger charge is -2.40. The summed E-state index contributed by atoms with van der Waals surface area (Å²) in [7, 11) is 0. The fourth-order valence-electron chi connectivity index (χ4n) is 2.39. The molecule has 0 aromatic heterocycles. The van der Waals surface area contributed by atoms with E-state index in [9.17, 15) is 14.0 Å². The Morgan fingerprint density at radius 2 is 2.00 bits per heavy atom. The predicted molar refractivity (Wildman–Crippen MR) is 73.5 cm³/mol. The lowest BCUT2D eigenvalue weighted by atomic mass is 9.96. The maximum atomic E-state index is 13.6. The number of rotatable bonds is 2. The highest BCUT2D eigenvalue weighted by Crippen LogP contribution is 2.26. The standard InChI is InChI=1S/C15H19FN2O2/c1-9-5-6-11(7-12(9)16)10(2)18-8-13(19)17-15(3,4)14(18)20/h5-7,10H,8H2,1-4H3,(H,17,19). The van der Waals surface area contributed by atoms with Gasteiger partial charge in [0, 0.05) is 0 Å². The minimum absolute atomic E-state index is 0.00107. The molecular formula is C15H19FN2O2. The van der Waals surface area contributed by atoms with Crippen LogP contribution in [0.1, 0.15) is 37.9 Å². The number of benzene rings is 1. The molecule has 0 radical (unpaired) electrons. The van der Waals surface area contributed by atoms with Gasteiger partial charge in [-0.05, 0) is 44.9 Å². The van der Waals surface area contributed by atoms with Crippen LogP contribution in [-0.2, 0) is 9.59 Å². The van der Waals surface area contributed by atoms with Crippen LogP contribution in [0.4, 0.5) is 4.39 Å². The summed E-state index contributed by atoms with van der Waals surface area (Å²) < 4.78 is 13.6. The number of amides is 2. The van der Waals surface area contributed by atoms with Crippen molar-refractivity contribution >= 4 is 11.8 Å². The van der Waals surface area contributed by atoms with Crippen LogP contribution in [0.25, 0.3) is 0 Å². The number of nitrogens with zero attached hydrogens (tertiary/aromatic N) is 1. The summed E-state index contributed by atoms with van der Waals surface area (Å²) in [4.78, 5) is 25.6. The highest BCUT2D eigenvalue weighted by atomic mass is 19.1. The highest BCUT2D eigenvalue weighted by Gasteiger charge is 2.41. The van der Waals surface area contributed by atoms with E-state index in [1.165, 1.54) is 11.0 Å². The number of halogens is 1. The van der Waals surface area contributed by atoms with E-state index >= 15 is 0 Å². The molecule has 0 aliphatic carbocycles. The quantitative estimate of drug-likeness (QED) is 0.898. The molecule has 108 valence electrons. The van der Waals surface area contributed by atoms with Crippen LogP contribution in [0.15, 0.2) is 18.2 Å². The van der Waals surface area contributed by atoms with Crippen molar-refractivity contribution in [3.63, 3.8) is 0 Å². The summed E-state index contributed by atoms with van der Waals surface area (Å²) in [6.45, 7) is 6.83. The lowest BCUT2D eigenvalue weighted by molar-refractivity contribution is -0.150. The van der Waals surface area contributed by atoms with E-state index in [0.29, 0.717) is 11.1 Å². The van der Waals surface area contributed by atoms with Gasteiger partial charge in [0.15, 0.2) is 0 Å². The average molecular weight is 278 g/mol. The topological polar surface area (TPSA) is 49.4 Å². The first-order chi connectivity index (χ1) is 9.22. The first kappa shape index (κ1) is 14.5. The van der Waals surface area contributed by atoms with Crippen molar-refractivity contribution in [2.24, 2.45) is 0 Å². The van der Waals surface area contributed by atoms with Gasteiger partial charge in [-0.2, -0.15) is 0 Å². The molecule has 1 atom stereocenters. The zero-order valence-corrected chi connectivity index (χ0v) is 12.2. The highest BCUT2D eigenvalue weighted by molar-refractivity contribution is 5.97. The summed E-state index contributed by atoms with van der Waals surface area (Å²) >= 11 is 0. The molecule has 4 nitrogen and oxygen atoms in total. The first-order valence-corrected chi connectivity index (χ1v) is 6.60. The molecule has 5 heteroatoms. The number of carbonyl (C=O) groups excluding carboxylic acids is 2. The van der Waals surface area contributed by atoms with E-state index in [0.717, 1.165) is 0 Å². The maximum absolute atomic E-state index is 13.6. The normalized spacial score (nSPS) is 19.8. The molecule has 1 aromatic rings. The molecule has 1 aliphatic rings. The fourth-order valence-corrected chi connectivity index (χ4v) is 2.39. The smallest absolute Gasteiger partial charge is 0.248 e. The Kier molecular flexibility index (Phi) is 3.54. The van der Waals surface area contributed by atoms with Gasteiger partial charge in [-0.1, -0.05) is 12.1 Å². The van der Waals surface area contributed by atoms with E-state index < -0.39 is 5.54 Å². The fraction of sp³-hybridized carbons (Fsp3) is 0.467. The van der Waals surface area contributed by atoms with Gasteiger partial charge in [0.2, 0.25) is 11.8 Å². The van der Waals surface area contributed by atoms with Crippen LogP contribution >= 0.6 is 0 Å². The second-order valence-electron chi connectivity index (χ2n) is 5.79. The Hall–Kier alpha value is -1.91. The molecule has 1 N–H and O–H groups in total. The predicted octanol–water partition coefficient (Wildman–Crippen LogP) is 1.93. The Bertz CT molecular complexity index is 569. The molecule has 0 bridgehead atoms. The van der Waals surface area contributed by atoms with E-state index in [2.05, 4.69) is 5.32 Å². The zero-order chi connectivity index (χ0) is 15.1. The number of hydrogen-bond acceptors (Lipinski definition) is 2. The van der Waals surface area contributed by atoms with Crippen molar-refractivity contribution in [1.29, 1.82) is 0 Å². The Labute approximate surface area is 118 Å². The van der Waals surface area contributed by atoms with Gasteiger partial charge < -0.3 is 10.2 Å². The van der Waals surface area contributed by atoms with Crippen LogP contribution in [0.3, 0.4) is 0 Å². The third kappa shape index (κ3) is 2.53. The second kappa shape index (κ2) is 4.89. The molecule has 2 rings (SSSR count). The van der Waals surface area contributed by atoms with Crippen molar-refractivity contribution in [2.45, 2.75) is 39.3 Å².